The van der Waals surface area contributed by atoms with E-state index < -0.39 is 201 Å². The monoisotopic (exact) mass is 1140 g/mol. The van der Waals surface area contributed by atoms with E-state index in [2.05, 4.69) is 26.8 Å². The molecule has 31 unspecified atom stereocenters. The number of hydrogen-bond acceptors (Lipinski definition) is 25. The van der Waals surface area contributed by atoms with Crippen molar-refractivity contribution in [3.05, 3.63) is 11.6 Å². The first kappa shape index (κ1) is 63.8. The molecule has 0 aromatic rings. The number of hydrogen-bond donors (Lipinski definition) is 17. The maximum Gasteiger partial charge on any atom is 0.187 e. The third-order valence-corrected chi connectivity index (χ3v) is 20.9. The van der Waals surface area contributed by atoms with Crippen LogP contribution in [-0.4, -0.2) is 266 Å². The smallest absolute Gasteiger partial charge is 0.187 e. The SMILES string of the molecule is CC(C(O)CC(OC1OC(COC2OC(CO)C(O)C(O)C2O)C(O)C(O)C1O)C(C)(C)O)C1CCC2(C)C3CC=C4C(CCC(OC5OC(COC6OC(CO)C(O)C(O)C6O)C(O)C(O)C5O)C4(C)C)C3(C)C(O)CC12C. The number of aliphatic hydroxyl groups excluding tert-OH is 16. The summed E-state index contributed by atoms with van der Waals surface area (Å²) >= 11 is 0. The van der Waals surface area contributed by atoms with Gasteiger partial charge in [0.05, 0.1) is 56.4 Å². The van der Waals surface area contributed by atoms with E-state index in [1.54, 1.807) is 0 Å². The van der Waals surface area contributed by atoms with E-state index in [0.717, 1.165) is 18.4 Å². The Morgan fingerprint density at radius 3 is 1.54 bits per heavy atom. The van der Waals surface area contributed by atoms with Crippen LogP contribution in [0, 0.1) is 45.3 Å². The Morgan fingerprint density at radius 1 is 0.595 bits per heavy atom. The van der Waals surface area contributed by atoms with Crippen molar-refractivity contribution >= 4 is 0 Å². The molecule has 458 valence electrons. The van der Waals surface area contributed by atoms with Crippen LogP contribution in [0.1, 0.15) is 100 Å². The van der Waals surface area contributed by atoms with Gasteiger partial charge in [-0.3, -0.25) is 0 Å². The molecule has 0 aromatic heterocycles. The summed E-state index contributed by atoms with van der Waals surface area (Å²) < 4.78 is 46.7. The van der Waals surface area contributed by atoms with Crippen molar-refractivity contribution in [3.8, 4) is 0 Å². The molecular weight excluding hydrogens is 1050 g/mol. The molecule has 8 aliphatic rings. The summed E-state index contributed by atoms with van der Waals surface area (Å²) in [7, 11) is 0. The molecule has 3 saturated carbocycles. The topological polar surface area (TPSA) is 418 Å². The fraction of sp³-hybridized carbons (Fsp3) is 0.963. The molecular formula is C54H92O25. The van der Waals surface area contributed by atoms with E-state index in [1.165, 1.54) is 13.8 Å². The van der Waals surface area contributed by atoms with E-state index in [-0.39, 0.29) is 29.6 Å². The van der Waals surface area contributed by atoms with Crippen molar-refractivity contribution in [3.63, 3.8) is 0 Å². The van der Waals surface area contributed by atoms with Gasteiger partial charge in [0.2, 0.25) is 0 Å². The lowest BCUT2D eigenvalue weighted by molar-refractivity contribution is -0.342. The maximum absolute atomic E-state index is 12.7. The Labute approximate surface area is 460 Å². The zero-order chi connectivity index (χ0) is 58.4. The normalized spacial score (nSPS) is 51.4. The van der Waals surface area contributed by atoms with Crippen molar-refractivity contribution in [2.75, 3.05) is 26.4 Å². The Kier molecular flexibility index (Phi) is 19.3. The highest BCUT2D eigenvalue weighted by molar-refractivity contribution is 5.32. The first-order chi connectivity index (χ1) is 36.8. The Balaban J connectivity index is 0.923. The van der Waals surface area contributed by atoms with Gasteiger partial charge >= 0.3 is 0 Å². The lowest BCUT2D eigenvalue weighted by Crippen LogP contribution is -2.65. The molecule has 7 fully saturated rings. The molecule has 4 aliphatic carbocycles. The van der Waals surface area contributed by atoms with Gasteiger partial charge in [-0.1, -0.05) is 53.2 Å². The van der Waals surface area contributed by atoms with Gasteiger partial charge in [-0.25, -0.2) is 0 Å². The molecule has 25 nitrogen and oxygen atoms in total. The molecule has 31 atom stereocenters. The van der Waals surface area contributed by atoms with Gasteiger partial charge in [-0.15, -0.1) is 0 Å². The lowest BCUT2D eigenvalue weighted by atomic mass is 9.38. The van der Waals surface area contributed by atoms with E-state index in [9.17, 15) is 86.8 Å². The Bertz CT molecular complexity index is 2060. The van der Waals surface area contributed by atoms with Gasteiger partial charge < -0.3 is 125 Å². The van der Waals surface area contributed by atoms with Crippen LogP contribution in [-0.2, 0) is 37.9 Å². The lowest BCUT2D eigenvalue weighted by Gasteiger charge is -2.67. The molecule has 0 spiro atoms. The highest BCUT2D eigenvalue weighted by Gasteiger charge is 2.71. The van der Waals surface area contributed by atoms with Crippen LogP contribution in [0.3, 0.4) is 0 Å². The average Bonchev–Trinajstić information content (AvgIpc) is 3.86. The van der Waals surface area contributed by atoms with Crippen LogP contribution in [0.4, 0.5) is 0 Å². The third-order valence-electron chi connectivity index (χ3n) is 20.9. The molecule has 25 heteroatoms. The zero-order valence-corrected chi connectivity index (χ0v) is 46.4. The quantitative estimate of drug-likeness (QED) is 0.0613. The summed E-state index contributed by atoms with van der Waals surface area (Å²) in [5, 5.41) is 183. The highest BCUT2D eigenvalue weighted by Crippen LogP contribution is 2.75. The fourth-order valence-electron chi connectivity index (χ4n) is 15.5. The average molecular weight is 1140 g/mol. The second-order valence-corrected chi connectivity index (χ2v) is 26.0. The standard InChI is InChI=1S/C54H92O25/c1-21(25(57)15-33(51(4,5)71)79-49-45(70)41(66)37(62)29(77-49)20-73-47-43(68)39(64)35(60)27(18-56)75-47)22-13-14-52(6)30-11-9-23-24(54(30,8)31(58)16-53(22,52)7)10-12-32(50(23,2)3)78-48-44(69)40(65)36(61)28(76-48)19-72-46-42(67)38(63)34(59)26(17-55)74-46/h9,21-22,24-49,55-71H,10-20H2,1-8H3. The van der Waals surface area contributed by atoms with Crippen molar-refractivity contribution in [1.82, 2.24) is 0 Å². The van der Waals surface area contributed by atoms with E-state index >= 15 is 0 Å². The highest BCUT2D eigenvalue weighted by atomic mass is 16.7. The summed E-state index contributed by atoms with van der Waals surface area (Å²) in [5.41, 5.74) is -2.65. The predicted octanol–water partition coefficient (Wildman–Crippen LogP) is -4.26. The molecule has 4 aliphatic heterocycles. The van der Waals surface area contributed by atoms with Crippen LogP contribution in [0.15, 0.2) is 11.6 Å². The summed E-state index contributed by atoms with van der Waals surface area (Å²) in [6.45, 7) is 13.1. The van der Waals surface area contributed by atoms with Crippen LogP contribution in [0.25, 0.3) is 0 Å². The van der Waals surface area contributed by atoms with Crippen molar-refractivity contribution < 1.29 is 125 Å². The van der Waals surface area contributed by atoms with Gasteiger partial charge in [0.15, 0.2) is 25.2 Å². The van der Waals surface area contributed by atoms with E-state index in [1.807, 2.05) is 20.8 Å². The molecule has 0 aromatic carbocycles. The van der Waals surface area contributed by atoms with Gasteiger partial charge in [-0.2, -0.15) is 0 Å². The Hall–Kier alpha value is -1.26. The van der Waals surface area contributed by atoms with Gasteiger partial charge in [0.1, 0.15) is 97.7 Å². The van der Waals surface area contributed by atoms with Crippen LogP contribution < -0.4 is 0 Å². The first-order valence-corrected chi connectivity index (χ1v) is 28.1. The minimum Gasteiger partial charge on any atom is -0.394 e. The van der Waals surface area contributed by atoms with Crippen LogP contribution >= 0.6 is 0 Å². The van der Waals surface area contributed by atoms with E-state index in [4.69, 9.17) is 37.9 Å². The first-order valence-electron chi connectivity index (χ1n) is 28.1. The van der Waals surface area contributed by atoms with Crippen molar-refractivity contribution in [2.24, 2.45) is 45.3 Å². The maximum atomic E-state index is 12.7. The molecule has 8 rings (SSSR count). The van der Waals surface area contributed by atoms with E-state index in [0.29, 0.717) is 25.7 Å². The molecule has 17 N–H and O–H groups in total. The molecule has 79 heavy (non-hydrogen) atoms. The number of aliphatic hydroxyl groups is 17. The molecule has 0 amide bonds. The molecule has 0 radical (unpaired) electrons. The second kappa shape index (κ2) is 23.9. The van der Waals surface area contributed by atoms with Crippen molar-refractivity contribution in [1.29, 1.82) is 0 Å². The molecule has 4 heterocycles. The Morgan fingerprint density at radius 2 is 1.05 bits per heavy atom. The summed E-state index contributed by atoms with van der Waals surface area (Å²) in [6.07, 6.45) is -30.0. The summed E-state index contributed by atoms with van der Waals surface area (Å²) in [4.78, 5) is 0. The number of ether oxygens (including phenoxy) is 8. The summed E-state index contributed by atoms with van der Waals surface area (Å²) in [6, 6.07) is 0. The minimum atomic E-state index is -1.84. The molecule has 4 saturated heterocycles. The van der Waals surface area contributed by atoms with Gasteiger partial charge in [0, 0.05) is 17.3 Å². The van der Waals surface area contributed by atoms with Crippen LogP contribution in [0.5, 0.6) is 0 Å². The van der Waals surface area contributed by atoms with Crippen LogP contribution in [0.2, 0.25) is 0 Å². The number of fused-ring (bicyclic) bond motifs is 5. The number of rotatable bonds is 17. The zero-order valence-electron chi connectivity index (χ0n) is 46.4. The second-order valence-electron chi connectivity index (χ2n) is 26.0. The third kappa shape index (κ3) is 11.3. The molecule has 0 bridgehead atoms. The summed E-state index contributed by atoms with van der Waals surface area (Å²) in [5.74, 6) is -0.589. The fourth-order valence-corrected chi connectivity index (χ4v) is 15.5. The van der Waals surface area contributed by atoms with Gasteiger partial charge in [0.25, 0.3) is 0 Å². The number of allylic oxidation sites excluding steroid dienone is 1. The largest absolute Gasteiger partial charge is 0.394 e. The van der Waals surface area contributed by atoms with Gasteiger partial charge in [-0.05, 0) is 86.9 Å². The minimum absolute atomic E-state index is 0.00602. The van der Waals surface area contributed by atoms with Crippen molar-refractivity contribution in [2.45, 2.75) is 253 Å². The predicted molar refractivity (Wildman–Crippen MR) is 269 cm³/mol.